The molecule has 1 aliphatic heterocycles. The number of likely N-dealkylation sites (N-methyl/N-ethyl adjacent to an activating group) is 1. The largest absolute Gasteiger partial charge is 0.389 e. The maximum atomic E-state index is 13.8. The molecule has 1 aliphatic rings. The van der Waals surface area contributed by atoms with E-state index in [9.17, 15) is 9.50 Å². The highest BCUT2D eigenvalue weighted by Crippen LogP contribution is 2.28. The molecule has 1 aromatic rings. The van der Waals surface area contributed by atoms with E-state index in [1.54, 1.807) is 13.0 Å². The number of aliphatic hydroxyl groups excluding tert-OH is 1. The maximum absolute atomic E-state index is 13.8. The molecule has 1 saturated heterocycles. The van der Waals surface area contributed by atoms with Crippen LogP contribution in [0.2, 0.25) is 0 Å². The van der Waals surface area contributed by atoms with Gasteiger partial charge < -0.3 is 14.9 Å². The van der Waals surface area contributed by atoms with Gasteiger partial charge in [-0.2, -0.15) is 0 Å². The predicted molar refractivity (Wildman–Crippen MR) is 76.0 cm³/mol. The summed E-state index contributed by atoms with van der Waals surface area (Å²) in [6, 6.07) is 4.97. The molecule has 1 fully saturated rings. The van der Waals surface area contributed by atoms with E-state index in [1.165, 1.54) is 32.0 Å². The summed E-state index contributed by atoms with van der Waals surface area (Å²) in [6.45, 7) is 5.78. The quantitative estimate of drug-likeness (QED) is 0.886. The third kappa shape index (κ3) is 3.45. The molecule has 19 heavy (non-hydrogen) atoms. The van der Waals surface area contributed by atoms with Gasteiger partial charge in [0.1, 0.15) is 5.82 Å². The number of benzene rings is 1. The van der Waals surface area contributed by atoms with Crippen molar-refractivity contribution >= 4 is 5.69 Å². The van der Waals surface area contributed by atoms with Gasteiger partial charge in [0.15, 0.2) is 0 Å². The molecule has 0 aliphatic carbocycles. The Labute approximate surface area is 114 Å². The Morgan fingerprint density at radius 3 is 2.68 bits per heavy atom. The van der Waals surface area contributed by atoms with Crippen LogP contribution in [0, 0.1) is 5.82 Å². The van der Waals surface area contributed by atoms with Gasteiger partial charge in [0.25, 0.3) is 0 Å². The van der Waals surface area contributed by atoms with Gasteiger partial charge in [-0.25, -0.2) is 4.39 Å². The van der Waals surface area contributed by atoms with Crippen molar-refractivity contribution in [2.45, 2.75) is 25.9 Å². The van der Waals surface area contributed by atoms with Crippen LogP contribution in [0.5, 0.6) is 0 Å². The molecule has 3 nitrogen and oxygen atoms in total. The zero-order valence-corrected chi connectivity index (χ0v) is 11.8. The Kier molecular flexibility index (Phi) is 4.77. The van der Waals surface area contributed by atoms with Crippen molar-refractivity contribution in [1.82, 2.24) is 4.90 Å². The summed E-state index contributed by atoms with van der Waals surface area (Å²) in [5.41, 5.74) is 1.18. The minimum absolute atomic E-state index is 0.333. The Morgan fingerprint density at radius 1 is 1.37 bits per heavy atom. The number of hydrogen-bond donors (Lipinski definition) is 1. The molecule has 0 saturated carbocycles. The van der Waals surface area contributed by atoms with Crippen molar-refractivity contribution in [2.75, 3.05) is 38.1 Å². The molecule has 0 amide bonds. The van der Waals surface area contributed by atoms with Crippen LogP contribution in [0.4, 0.5) is 10.1 Å². The molecular weight excluding hydrogens is 243 g/mol. The first kappa shape index (κ1) is 14.3. The van der Waals surface area contributed by atoms with E-state index in [4.69, 9.17) is 0 Å². The van der Waals surface area contributed by atoms with Gasteiger partial charge in [0, 0.05) is 31.4 Å². The normalized spacial score (nSPS) is 17.7. The Balaban J connectivity index is 2.05. The smallest absolute Gasteiger partial charge is 0.131 e. The van der Waals surface area contributed by atoms with E-state index in [-0.39, 0.29) is 5.82 Å². The fraction of sp³-hybridized carbons (Fsp3) is 0.600. The van der Waals surface area contributed by atoms with Crippen LogP contribution in [0.25, 0.3) is 0 Å². The SMILES string of the molecule is CC(O)c1c(F)cccc1N(C)CCN1CCCC1. The van der Waals surface area contributed by atoms with E-state index in [1.807, 2.05) is 18.0 Å². The molecule has 1 atom stereocenters. The van der Waals surface area contributed by atoms with Gasteiger partial charge in [-0.05, 0) is 45.0 Å². The van der Waals surface area contributed by atoms with Crippen LogP contribution in [0.3, 0.4) is 0 Å². The highest BCUT2D eigenvalue weighted by atomic mass is 19.1. The minimum atomic E-state index is -0.787. The van der Waals surface area contributed by atoms with Crippen LogP contribution in [-0.4, -0.2) is 43.2 Å². The molecule has 1 heterocycles. The van der Waals surface area contributed by atoms with Gasteiger partial charge in [-0.3, -0.25) is 0 Å². The fourth-order valence-electron chi connectivity index (χ4n) is 2.69. The first-order valence-corrected chi connectivity index (χ1v) is 6.99. The summed E-state index contributed by atoms with van der Waals surface area (Å²) in [5.74, 6) is -0.333. The highest BCUT2D eigenvalue weighted by molar-refractivity contribution is 5.54. The Bertz CT molecular complexity index is 417. The number of nitrogens with zero attached hydrogens (tertiary/aromatic N) is 2. The Hall–Kier alpha value is -1.13. The summed E-state index contributed by atoms with van der Waals surface area (Å²) < 4.78 is 13.8. The van der Waals surface area contributed by atoms with Gasteiger partial charge in [-0.15, -0.1) is 0 Å². The molecule has 106 valence electrons. The van der Waals surface area contributed by atoms with Gasteiger partial charge in [0.05, 0.1) is 6.10 Å². The number of aliphatic hydroxyl groups is 1. The summed E-state index contributed by atoms with van der Waals surface area (Å²) >= 11 is 0. The Morgan fingerprint density at radius 2 is 2.05 bits per heavy atom. The second kappa shape index (κ2) is 6.35. The lowest BCUT2D eigenvalue weighted by Crippen LogP contribution is -2.32. The number of likely N-dealkylation sites (tertiary alicyclic amines) is 1. The van der Waals surface area contributed by atoms with Crippen molar-refractivity contribution in [2.24, 2.45) is 0 Å². The third-order valence-electron chi connectivity index (χ3n) is 3.81. The molecule has 0 radical (unpaired) electrons. The summed E-state index contributed by atoms with van der Waals surface area (Å²) in [4.78, 5) is 4.46. The molecule has 0 bridgehead atoms. The molecule has 2 rings (SSSR count). The summed E-state index contributed by atoms with van der Waals surface area (Å²) in [7, 11) is 1.96. The zero-order chi connectivity index (χ0) is 13.8. The van der Waals surface area contributed by atoms with E-state index < -0.39 is 6.10 Å². The molecule has 1 aromatic carbocycles. The molecule has 4 heteroatoms. The lowest BCUT2D eigenvalue weighted by atomic mass is 10.1. The van der Waals surface area contributed by atoms with Crippen LogP contribution in [0.15, 0.2) is 18.2 Å². The van der Waals surface area contributed by atoms with Gasteiger partial charge >= 0.3 is 0 Å². The molecule has 1 unspecified atom stereocenters. The number of rotatable bonds is 5. The fourth-order valence-corrected chi connectivity index (χ4v) is 2.69. The van der Waals surface area contributed by atoms with E-state index in [0.717, 1.165) is 18.8 Å². The molecule has 0 spiro atoms. The molecule has 0 aromatic heterocycles. The second-order valence-electron chi connectivity index (χ2n) is 5.32. The lowest BCUT2D eigenvalue weighted by Gasteiger charge is -2.26. The first-order chi connectivity index (χ1) is 9.09. The summed E-state index contributed by atoms with van der Waals surface area (Å²) in [6.07, 6.45) is 1.77. The van der Waals surface area contributed by atoms with E-state index in [0.29, 0.717) is 5.56 Å². The van der Waals surface area contributed by atoms with Crippen LogP contribution in [0.1, 0.15) is 31.4 Å². The van der Waals surface area contributed by atoms with Crippen molar-refractivity contribution in [3.8, 4) is 0 Å². The minimum Gasteiger partial charge on any atom is -0.389 e. The van der Waals surface area contributed by atoms with Crippen molar-refractivity contribution < 1.29 is 9.50 Å². The monoisotopic (exact) mass is 266 g/mol. The topological polar surface area (TPSA) is 26.7 Å². The molecule has 1 N–H and O–H groups in total. The van der Waals surface area contributed by atoms with Gasteiger partial charge in [0.2, 0.25) is 0 Å². The number of halogens is 1. The second-order valence-corrected chi connectivity index (χ2v) is 5.32. The number of anilines is 1. The van der Waals surface area contributed by atoms with Crippen LogP contribution >= 0.6 is 0 Å². The average molecular weight is 266 g/mol. The van der Waals surface area contributed by atoms with Crippen LogP contribution in [-0.2, 0) is 0 Å². The maximum Gasteiger partial charge on any atom is 0.131 e. The van der Waals surface area contributed by atoms with E-state index >= 15 is 0 Å². The summed E-state index contributed by atoms with van der Waals surface area (Å²) in [5, 5.41) is 9.74. The molecular formula is C15H23FN2O. The van der Waals surface area contributed by atoms with Crippen molar-refractivity contribution in [3.05, 3.63) is 29.6 Å². The lowest BCUT2D eigenvalue weighted by molar-refractivity contribution is 0.194. The van der Waals surface area contributed by atoms with Gasteiger partial charge in [-0.1, -0.05) is 6.07 Å². The average Bonchev–Trinajstić information content (AvgIpc) is 2.88. The zero-order valence-electron chi connectivity index (χ0n) is 11.8. The third-order valence-corrected chi connectivity index (χ3v) is 3.81. The van der Waals surface area contributed by atoms with Crippen molar-refractivity contribution in [3.63, 3.8) is 0 Å². The van der Waals surface area contributed by atoms with Crippen molar-refractivity contribution in [1.29, 1.82) is 0 Å². The standard InChI is InChI=1S/C15H23FN2O/c1-12(19)15-13(16)6-5-7-14(15)17(2)10-11-18-8-3-4-9-18/h5-7,12,19H,3-4,8-11H2,1-2H3. The van der Waals surface area contributed by atoms with Crippen LogP contribution < -0.4 is 4.90 Å². The number of hydrogen-bond acceptors (Lipinski definition) is 3. The highest BCUT2D eigenvalue weighted by Gasteiger charge is 2.17. The first-order valence-electron chi connectivity index (χ1n) is 6.99. The van der Waals surface area contributed by atoms with E-state index in [2.05, 4.69) is 4.90 Å². The predicted octanol–water partition coefficient (Wildman–Crippen LogP) is 2.41.